The molecule has 0 saturated carbocycles. The lowest BCUT2D eigenvalue weighted by Crippen LogP contribution is -2.30. The number of ether oxygens (including phenoxy) is 3. The summed E-state index contributed by atoms with van der Waals surface area (Å²) in [6.07, 6.45) is -0.991. The van der Waals surface area contributed by atoms with Gasteiger partial charge < -0.3 is 19.5 Å². The van der Waals surface area contributed by atoms with E-state index in [1.807, 2.05) is 19.9 Å². The topological polar surface area (TPSA) is 73.9 Å². The quantitative estimate of drug-likeness (QED) is 0.651. The summed E-state index contributed by atoms with van der Waals surface area (Å²) in [5, 5.41) is 2.91. The number of anilines is 1. The third kappa shape index (κ3) is 5.89. The lowest BCUT2D eigenvalue weighted by Gasteiger charge is -2.16. The zero-order chi connectivity index (χ0) is 20.7. The van der Waals surface area contributed by atoms with Gasteiger partial charge in [0.25, 0.3) is 5.91 Å². The van der Waals surface area contributed by atoms with Crippen LogP contribution in [0.15, 0.2) is 42.5 Å². The highest BCUT2D eigenvalue weighted by atomic mass is 35.5. The molecule has 0 radical (unpaired) electrons. The highest BCUT2D eigenvalue weighted by Gasteiger charge is 2.22. The first-order valence-electron chi connectivity index (χ1n) is 8.89. The molecule has 1 atom stereocenters. The average Bonchev–Trinajstić information content (AvgIpc) is 2.66. The lowest BCUT2D eigenvalue weighted by atomic mass is 10.2. The van der Waals surface area contributed by atoms with Crippen LogP contribution in [0, 0.1) is 5.92 Å². The summed E-state index contributed by atoms with van der Waals surface area (Å²) < 4.78 is 16.2. The van der Waals surface area contributed by atoms with Crippen molar-refractivity contribution in [1.29, 1.82) is 0 Å². The molecule has 2 rings (SSSR count). The Morgan fingerprint density at radius 3 is 2.39 bits per heavy atom. The maximum atomic E-state index is 12.5. The van der Waals surface area contributed by atoms with Crippen molar-refractivity contribution in [2.24, 2.45) is 5.92 Å². The van der Waals surface area contributed by atoms with Crippen molar-refractivity contribution in [2.45, 2.75) is 26.9 Å². The molecule has 1 N–H and O–H groups in total. The Labute approximate surface area is 169 Å². The number of amides is 1. The summed E-state index contributed by atoms with van der Waals surface area (Å²) in [6, 6.07) is 11.8. The molecule has 0 aromatic heterocycles. The third-order valence-corrected chi connectivity index (χ3v) is 4.00. The highest BCUT2D eigenvalue weighted by molar-refractivity contribution is 6.32. The first-order valence-corrected chi connectivity index (χ1v) is 9.26. The minimum Gasteiger partial charge on any atom is -0.493 e. The van der Waals surface area contributed by atoms with Gasteiger partial charge in [-0.25, -0.2) is 4.79 Å². The zero-order valence-electron chi connectivity index (χ0n) is 16.3. The normalized spacial score (nSPS) is 11.6. The first-order chi connectivity index (χ1) is 13.3. The summed E-state index contributed by atoms with van der Waals surface area (Å²) in [5.41, 5.74) is 0.782. The number of para-hydroxylation sites is 1. The number of esters is 1. The second-order valence-electron chi connectivity index (χ2n) is 6.60. The van der Waals surface area contributed by atoms with Crippen LogP contribution >= 0.6 is 11.6 Å². The smallest absolute Gasteiger partial charge is 0.339 e. The molecule has 0 fully saturated rings. The Morgan fingerprint density at radius 1 is 1.11 bits per heavy atom. The van der Waals surface area contributed by atoms with Crippen LogP contribution in [0.25, 0.3) is 0 Å². The van der Waals surface area contributed by atoms with Gasteiger partial charge in [0.1, 0.15) is 0 Å². The Kier molecular flexibility index (Phi) is 7.70. The van der Waals surface area contributed by atoms with Crippen LogP contribution in [0.5, 0.6) is 11.5 Å². The maximum absolute atomic E-state index is 12.5. The van der Waals surface area contributed by atoms with Crippen LogP contribution in [0.1, 0.15) is 31.1 Å². The van der Waals surface area contributed by atoms with E-state index in [0.29, 0.717) is 29.7 Å². The fourth-order valence-electron chi connectivity index (χ4n) is 2.28. The van der Waals surface area contributed by atoms with Gasteiger partial charge in [0.2, 0.25) is 0 Å². The van der Waals surface area contributed by atoms with Crippen molar-refractivity contribution in [3.05, 3.63) is 53.1 Å². The summed E-state index contributed by atoms with van der Waals surface area (Å²) >= 11 is 6.26. The molecular weight excluding hydrogens is 382 g/mol. The number of methoxy groups -OCH3 is 1. The van der Waals surface area contributed by atoms with Gasteiger partial charge in [-0.2, -0.15) is 0 Å². The molecule has 0 heterocycles. The van der Waals surface area contributed by atoms with Gasteiger partial charge >= 0.3 is 5.97 Å². The van der Waals surface area contributed by atoms with E-state index >= 15 is 0 Å². The first kappa shape index (κ1) is 21.6. The van der Waals surface area contributed by atoms with E-state index in [1.54, 1.807) is 24.3 Å². The molecule has 2 aromatic carbocycles. The van der Waals surface area contributed by atoms with Crippen molar-refractivity contribution in [1.82, 2.24) is 0 Å². The van der Waals surface area contributed by atoms with Crippen molar-refractivity contribution in [3.8, 4) is 11.5 Å². The van der Waals surface area contributed by atoms with Crippen LogP contribution in [0.3, 0.4) is 0 Å². The van der Waals surface area contributed by atoms with Gasteiger partial charge in [0, 0.05) is 5.69 Å². The number of hydrogen-bond acceptors (Lipinski definition) is 5. The number of hydrogen-bond donors (Lipinski definition) is 1. The van der Waals surface area contributed by atoms with E-state index < -0.39 is 18.0 Å². The zero-order valence-corrected chi connectivity index (χ0v) is 17.1. The Hall–Kier alpha value is -2.73. The number of nitrogens with one attached hydrogen (secondary N) is 1. The van der Waals surface area contributed by atoms with Crippen molar-refractivity contribution in [3.63, 3.8) is 0 Å². The Balaban J connectivity index is 2.08. The van der Waals surface area contributed by atoms with E-state index in [9.17, 15) is 9.59 Å². The molecule has 0 aliphatic carbocycles. The Morgan fingerprint density at radius 2 is 1.79 bits per heavy atom. The van der Waals surface area contributed by atoms with Crippen molar-refractivity contribution >= 4 is 29.2 Å². The number of carbonyl (C=O) groups is 2. The largest absolute Gasteiger partial charge is 0.493 e. The molecule has 0 aliphatic rings. The van der Waals surface area contributed by atoms with Crippen LogP contribution in [-0.2, 0) is 9.53 Å². The Bertz CT molecular complexity index is 823. The minimum atomic E-state index is -0.991. The van der Waals surface area contributed by atoms with Crippen LogP contribution in [-0.4, -0.2) is 31.7 Å². The fourth-order valence-corrected chi connectivity index (χ4v) is 2.54. The minimum absolute atomic E-state index is 0.165. The number of halogens is 1. The van der Waals surface area contributed by atoms with Crippen molar-refractivity contribution < 1.29 is 23.8 Å². The SMILES string of the molecule is COc1cc(C(=O)O[C@@H](C)C(=O)Nc2ccccc2)cc(Cl)c1OCC(C)C. The molecular formula is C21H24ClNO5. The van der Waals surface area contributed by atoms with Gasteiger partial charge in [-0.05, 0) is 37.1 Å². The highest BCUT2D eigenvalue weighted by Crippen LogP contribution is 2.37. The lowest BCUT2D eigenvalue weighted by molar-refractivity contribution is -0.123. The van der Waals surface area contributed by atoms with E-state index in [4.69, 9.17) is 25.8 Å². The van der Waals surface area contributed by atoms with Crippen LogP contribution in [0.4, 0.5) is 5.69 Å². The molecule has 28 heavy (non-hydrogen) atoms. The monoisotopic (exact) mass is 405 g/mol. The van der Waals surface area contributed by atoms with Gasteiger partial charge in [-0.1, -0.05) is 43.6 Å². The van der Waals surface area contributed by atoms with Gasteiger partial charge in [-0.15, -0.1) is 0 Å². The molecule has 2 aromatic rings. The maximum Gasteiger partial charge on any atom is 0.339 e. The molecule has 150 valence electrons. The summed E-state index contributed by atoms with van der Waals surface area (Å²) in [4.78, 5) is 24.7. The van der Waals surface area contributed by atoms with E-state index in [-0.39, 0.29) is 10.6 Å². The van der Waals surface area contributed by atoms with Gasteiger partial charge in [0.05, 0.1) is 24.3 Å². The number of rotatable bonds is 8. The molecule has 0 bridgehead atoms. The van der Waals surface area contributed by atoms with E-state index in [1.165, 1.54) is 26.2 Å². The second-order valence-corrected chi connectivity index (χ2v) is 7.00. The molecule has 1 amide bonds. The average molecular weight is 406 g/mol. The van der Waals surface area contributed by atoms with E-state index in [0.717, 1.165) is 0 Å². The predicted molar refractivity (Wildman–Crippen MR) is 108 cm³/mol. The molecule has 0 aliphatic heterocycles. The fraction of sp³-hybridized carbons (Fsp3) is 0.333. The van der Waals surface area contributed by atoms with E-state index in [2.05, 4.69) is 5.32 Å². The van der Waals surface area contributed by atoms with Crippen LogP contribution < -0.4 is 14.8 Å². The number of benzene rings is 2. The van der Waals surface area contributed by atoms with Gasteiger partial charge in [0.15, 0.2) is 17.6 Å². The van der Waals surface area contributed by atoms with Crippen molar-refractivity contribution in [2.75, 3.05) is 19.0 Å². The van der Waals surface area contributed by atoms with Gasteiger partial charge in [-0.3, -0.25) is 4.79 Å². The summed E-state index contributed by atoms with van der Waals surface area (Å²) in [5.74, 6) is -0.138. The predicted octanol–water partition coefficient (Wildman–Crippen LogP) is 4.57. The number of carbonyl (C=O) groups excluding carboxylic acids is 2. The third-order valence-electron chi connectivity index (χ3n) is 3.72. The molecule has 6 nitrogen and oxygen atoms in total. The molecule has 0 unspecified atom stereocenters. The summed E-state index contributed by atoms with van der Waals surface area (Å²) in [6.45, 7) is 5.97. The molecule has 0 spiro atoms. The second kappa shape index (κ2) is 9.99. The summed E-state index contributed by atoms with van der Waals surface area (Å²) in [7, 11) is 1.46. The molecule has 7 heteroatoms. The van der Waals surface area contributed by atoms with Crippen LogP contribution in [0.2, 0.25) is 5.02 Å². The molecule has 0 saturated heterocycles. The standard InChI is InChI=1S/C21H24ClNO5/c1-13(2)12-27-19-17(22)10-15(11-18(19)26-4)21(25)28-14(3)20(24)23-16-8-6-5-7-9-16/h5-11,13-14H,12H2,1-4H3,(H,23,24)/t14-/m0/s1.